The standard InChI is InChI=1S/C12H17N3O3/c1-9(8-16)14-11(17)7-13-12(18)15-10-5-3-2-4-6-10/h2-6,9,16H,7-8H2,1H3,(H,14,17)(H2,13,15,18)/t9-/m1/s1. The van der Waals surface area contributed by atoms with E-state index in [9.17, 15) is 9.59 Å². The summed E-state index contributed by atoms with van der Waals surface area (Å²) < 4.78 is 0. The van der Waals surface area contributed by atoms with E-state index < -0.39 is 6.03 Å². The van der Waals surface area contributed by atoms with Gasteiger partial charge in [-0.05, 0) is 19.1 Å². The van der Waals surface area contributed by atoms with E-state index in [-0.39, 0.29) is 25.1 Å². The minimum atomic E-state index is -0.451. The fourth-order valence-corrected chi connectivity index (χ4v) is 1.23. The summed E-state index contributed by atoms with van der Waals surface area (Å²) in [6.45, 7) is 1.40. The topological polar surface area (TPSA) is 90.5 Å². The first kappa shape index (κ1) is 14.0. The molecule has 6 heteroatoms. The third-order valence-electron chi connectivity index (χ3n) is 2.12. The molecule has 0 fully saturated rings. The van der Waals surface area contributed by atoms with Crippen LogP contribution >= 0.6 is 0 Å². The highest BCUT2D eigenvalue weighted by Gasteiger charge is 2.07. The smallest absolute Gasteiger partial charge is 0.319 e. The summed E-state index contributed by atoms with van der Waals surface area (Å²) in [5, 5.41) is 16.3. The number of urea groups is 1. The highest BCUT2D eigenvalue weighted by molar-refractivity contribution is 5.92. The Hall–Kier alpha value is -2.08. The predicted octanol–water partition coefficient (Wildman–Crippen LogP) is 0.305. The largest absolute Gasteiger partial charge is 0.394 e. The molecule has 0 aromatic heterocycles. The highest BCUT2D eigenvalue weighted by atomic mass is 16.3. The Bertz CT molecular complexity index is 395. The monoisotopic (exact) mass is 251 g/mol. The van der Waals surface area contributed by atoms with Crippen LogP contribution in [0.15, 0.2) is 30.3 Å². The minimum absolute atomic E-state index is 0.136. The lowest BCUT2D eigenvalue weighted by Crippen LogP contribution is -2.43. The summed E-state index contributed by atoms with van der Waals surface area (Å²) in [4.78, 5) is 22.7. The normalized spacial score (nSPS) is 11.4. The summed E-state index contributed by atoms with van der Waals surface area (Å²) in [7, 11) is 0. The van der Waals surface area contributed by atoms with Crippen molar-refractivity contribution >= 4 is 17.6 Å². The van der Waals surface area contributed by atoms with Gasteiger partial charge in [-0.15, -0.1) is 0 Å². The number of anilines is 1. The number of aliphatic hydroxyl groups is 1. The van der Waals surface area contributed by atoms with E-state index in [1.807, 2.05) is 6.07 Å². The molecule has 0 saturated carbocycles. The van der Waals surface area contributed by atoms with Crippen LogP contribution < -0.4 is 16.0 Å². The molecule has 6 nitrogen and oxygen atoms in total. The lowest BCUT2D eigenvalue weighted by Gasteiger charge is -2.11. The molecule has 0 unspecified atom stereocenters. The Morgan fingerprint density at radius 2 is 1.94 bits per heavy atom. The van der Waals surface area contributed by atoms with Gasteiger partial charge in [-0.1, -0.05) is 18.2 Å². The van der Waals surface area contributed by atoms with Crippen molar-refractivity contribution in [2.45, 2.75) is 13.0 Å². The molecule has 3 amide bonds. The van der Waals surface area contributed by atoms with Crippen molar-refractivity contribution in [1.29, 1.82) is 0 Å². The van der Waals surface area contributed by atoms with Crippen LogP contribution in [-0.4, -0.2) is 36.2 Å². The lowest BCUT2D eigenvalue weighted by molar-refractivity contribution is -0.120. The van der Waals surface area contributed by atoms with Gasteiger partial charge in [0.15, 0.2) is 0 Å². The van der Waals surface area contributed by atoms with Crippen LogP contribution in [0.5, 0.6) is 0 Å². The number of rotatable bonds is 5. The Balaban J connectivity index is 2.27. The number of carbonyl (C=O) groups excluding carboxylic acids is 2. The van der Waals surface area contributed by atoms with Gasteiger partial charge < -0.3 is 21.1 Å². The van der Waals surface area contributed by atoms with Gasteiger partial charge >= 0.3 is 6.03 Å². The van der Waals surface area contributed by atoms with Crippen LogP contribution in [0.25, 0.3) is 0 Å². The predicted molar refractivity (Wildman–Crippen MR) is 68.2 cm³/mol. The molecular formula is C12H17N3O3. The van der Waals surface area contributed by atoms with Crippen LogP contribution in [0.2, 0.25) is 0 Å². The highest BCUT2D eigenvalue weighted by Crippen LogP contribution is 2.03. The summed E-state index contributed by atoms with van der Waals surface area (Å²) in [5.41, 5.74) is 0.652. The summed E-state index contributed by atoms with van der Waals surface area (Å²) in [5.74, 6) is -0.347. The molecule has 1 aromatic rings. The first-order valence-electron chi connectivity index (χ1n) is 5.62. The maximum atomic E-state index is 11.4. The molecule has 0 aliphatic rings. The molecule has 0 aliphatic carbocycles. The van der Waals surface area contributed by atoms with E-state index in [1.54, 1.807) is 31.2 Å². The second-order valence-corrected chi connectivity index (χ2v) is 3.82. The molecule has 18 heavy (non-hydrogen) atoms. The molecule has 0 spiro atoms. The van der Waals surface area contributed by atoms with Gasteiger partial charge in [-0.3, -0.25) is 4.79 Å². The molecule has 0 heterocycles. The fraction of sp³-hybridized carbons (Fsp3) is 0.333. The van der Waals surface area contributed by atoms with Gasteiger partial charge in [-0.2, -0.15) is 0 Å². The zero-order valence-electron chi connectivity index (χ0n) is 10.1. The van der Waals surface area contributed by atoms with Crippen LogP contribution in [0, 0.1) is 0 Å². The zero-order chi connectivity index (χ0) is 13.4. The van der Waals surface area contributed by atoms with Gasteiger partial charge in [0.1, 0.15) is 0 Å². The van der Waals surface area contributed by atoms with Crippen molar-refractivity contribution in [3.8, 4) is 0 Å². The molecule has 0 bridgehead atoms. The number of hydrogen-bond acceptors (Lipinski definition) is 3. The molecule has 4 N–H and O–H groups in total. The second kappa shape index (κ2) is 7.29. The van der Waals surface area contributed by atoms with E-state index in [0.717, 1.165) is 0 Å². The van der Waals surface area contributed by atoms with Gasteiger partial charge in [-0.25, -0.2) is 4.79 Å². The Morgan fingerprint density at radius 1 is 1.28 bits per heavy atom. The van der Waals surface area contributed by atoms with Gasteiger partial charge in [0, 0.05) is 11.7 Å². The number of amides is 3. The lowest BCUT2D eigenvalue weighted by atomic mass is 10.3. The minimum Gasteiger partial charge on any atom is -0.394 e. The van der Waals surface area contributed by atoms with Gasteiger partial charge in [0.05, 0.1) is 13.2 Å². The summed E-state index contributed by atoms with van der Waals surface area (Å²) in [6.07, 6.45) is 0. The van der Waals surface area contributed by atoms with Gasteiger partial charge in [0.2, 0.25) is 5.91 Å². The average molecular weight is 251 g/mol. The molecular weight excluding hydrogens is 234 g/mol. The molecule has 0 radical (unpaired) electrons. The van der Waals surface area contributed by atoms with E-state index in [2.05, 4.69) is 16.0 Å². The number of carbonyl (C=O) groups is 2. The Kier molecular flexibility index (Phi) is 5.66. The van der Waals surface area contributed by atoms with Gasteiger partial charge in [0.25, 0.3) is 0 Å². The quantitative estimate of drug-likeness (QED) is 0.607. The van der Waals surface area contributed by atoms with Crippen LogP contribution in [0.1, 0.15) is 6.92 Å². The van der Waals surface area contributed by atoms with Crippen LogP contribution in [0.4, 0.5) is 10.5 Å². The van der Waals surface area contributed by atoms with Crippen molar-refractivity contribution in [2.75, 3.05) is 18.5 Å². The number of hydrogen-bond donors (Lipinski definition) is 4. The molecule has 1 rings (SSSR count). The van der Waals surface area contributed by atoms with Crippen molar-refractivity contribution in [1.82, 2.24) is 10.6 Å². The Morgan fingerprint density at radius 3 is 2.56 bits per heavy atom. The second-order valence-electron chi connectivity index (χ2n) is 3.82. The van der Waals surface area contributed by atoms with Crippen molar-refractivity contribution < 1.29 is 14.7 Å². The maximum absolute atomic E-state index is 11.4. The van der Waals surface area contributed by atoms with Crippen LogP contribution in [-0.2, 0) is 4.79 Å². The van der Waals surface area contributed by atoms with Crippen molar-refractivity contribution in [2.24, 2.45) is 0 Å². The van der Waals surface area contributed by atoms with Crippen LogP contribution in [0.3, 0.4) is 0 Å². The van der Waals surface area contributed by atoms with Crippen molar-refractivity contribution in [3.63, 3.8) is 0 Å². The molecule has 0 aliphatic heterocycles. The first-order chi connectivity index (χ1) is 8.61. The number of benzene rings is 1. The van der Waals surface area contributed by atoms with E-state index >= 15 is 0 Å². The molecule has 98 valence electrons. The molecule has 0 saturated heterocycles. The molecule has 1 aromatic carbocycles. The summed E-state index contributed by atoms with van der Waals surface area (Å²) in [6, 6.07) is 8.15. The maximum Gasteiger partial charge on any atom is 0.319 e. The number of aliphatic hydroxyl groups excluding tert-OH is 1. The third-order valence-corrected chi connectivity index (χ3v) is 2.12. The SMILES string of the molecule is C[C@H](CO)NC(=O)CNC(=O)Nc1ccccc1. The van der Waals surface area contributed by atoms with E-state index in [1.165, 1.54) is 0 Å². The third kappa shape index (κ3) is 5.31. The number of nitrogens with one attached hydrogen (secondary N) is 3. The van der Waals surface area contributed by atoms with Crippen molar-refractivity contribution in [3.05, 3.63) is 30.3 Å². The van der Waals surface area contributed by atoms with E-state index in [0.29, 0.717) is 5.69 Å². The fourth-order valence-electron chi connectivity index (χ4n) is 1.23. The number of para-hydroxylation sites is 1. The first-order valence-corrected chi connectivity index (χ1v) is 5.62. The average Bonchev–Trinajstić information content (AvgIpc) is 2.37. The zero-order valence-corrected chi connectivity index (χ0v) is 10.1. The Labute approximate surface area is 105 Å². The summed E-state index contributed by atoms with van der Waals surface area (Å²) >= 11 is 0. The van der Waals surface area contributed by atoms with E-state index in [4.69, 9.17) is 5.11 Å². The molecule has 1 atom stereocenters.